The number of hydrogen-bond donors (Lipinski definition) is 0. The summed E-state index contributed by atoms with van der Waals surface area (Å²) in [5.74, 6) is 0. The topological polar surface area (TPSA) is 9.86 Å². The first-order valence-corrected chi connectivity index (χ1v) is 23.8. The zero-order valence-electron chi connectivity index (χ0n) is 34.6. The maximum absolute atomic E-state index is 2.78. The maximum Gasteiger partial charge on any atom is 0.179 e. The number of para-hydroxylation sites is 2. The highest BCUT2D eigenvalue weighted by Gasteiger charge is 2.41. The second-order valence-electron chi connectivity index (χ2n) is 16.4. The van der Waals surface area contributed by atoms with Crippen molar-refractivity contribution >= 4 is 72.4 Å². The molecule has 2 aromatic heterocycles. The van der Waals surface area contributed by atoms with Crippen molar-refractivity contribution in [3.63, 3.8) is 0 Å². The van der Waals surface area contributed by atoms with E-state index < -0.39 is 8.07 Å². The zero-order valence-corrected chi connectivity index (χ0v) is 35.6. The Morgan fingerprint density at radius 1 is 0.238 bits per heavy atom. The van der Waals surface area contributed by atoms with Gasteiger partial charge in [-0.15, -0.1) is 0 Å². The van der Waals surface area contributed by atoms with Gasteiger partial charge in [0.05, 0.1) is 22.1 Å². The largest absolute Gasteiger partial charge is 0.309 e. The van der Waals surface area contributed by atoms with Gasteiger partial charge in [0.15, 0.2) is 8.07 Å². The molecule has 3 heteroatoms. The molecular weight excluding hydrogens is 777 g/mol. The molecule has 0 fully saturated rings. The smallest absolute Gasteiger partial charge is 0.179 e. The number of benzene rings is 10. The minimum absolute atomic E-state index is 1.14. The summed E-state index contributed by atoms with van der Waals surface area (Å²) in [6.45, 7) is 0. The summed E-state index contributed by atoms with van der Waals surface area (Å²) < 4.78 is 4.95. The van der Waals surface area contributed by atoms with Crippen LogP contribution in [0.25, 0.3) is 77.2 Å². The molecule has 0 bridgehead atoms. The normalized spacial score (nSPS) is 11.8. The highest BCUT2D eigenvalue weighted by molar-refractivity contribution is 7.20. The highest BCUT2D eigenvalue weighted by atomic mass is 28.3. The van der Waals surface area contributed by atoms with E-state index in [1.807, 2.05) is 0 Å². The van der Waals surface area contributed by atoms with Crippen molar-refractivity contribution in [2.45, 2.75) is 0 Å². The monoisotopic (exact) mass is 818 g/mol. The standard InChI is InChI=1S/C60H42N2Si/c1-6-20-43(21-7-1)51-37-34-45(40-55(51)44-22-8-2-9-23-44)61-58-33-19-17-31-53(58)56-41-46(35-39-59(56)61)62-57-32-18-16-30-52(57)54-38-36-50(42-60(54)62)63(47-24-10-3-11-25-47,48-26-12-4-13-27-48)49-28-14-5-15-29-49/h1-42H. The quantitative estimate of drug-likeness (QED) is 0.107. The molecule has 0 radical (unpaired) electrons. The number of aromatic nitrogens is 2. The lowest BCUT2D eigenvalue weighted by Crippen LogP contribution is -2.74. The predicted molar refractivity (Wildman–Crippen MR) is 270 cm³/mol. The van der Waals surface area contributed by atoms with Gasteiger partial charge in [0.1, 0.15) is 0 Å². The zero-order chi connectivity index (χ0) is 41.7. The van der Waals surface area contributed by atoms with Crippen molar-refractivity contribution in [3.05, 3.63) is 255 Å². The van der Waals surface area contributed by atoms with Crippen LogP contribution in [0.3, 0.4) is 0 Å². The third kappa shape index (κ3) is 5.93. The van der Waals surface area contributed by atoms with Crippen LogP contribution in [-0.4, -0.2) is 17.2 Å². The summed E-state index contributed by atoms with van der Waals surface area (Å²) >= 11 is 0. The van der Waals surface area contributed by atoms with E-state index in [1.165, 1.54) is 86.6 Å². The maximum atomic E-state index is 2.52. The lowest BCUT2D eigenvalue weighted by molar-refractivity contribution is 1.17. The Labute approximate surface area is 368 Å². The van der Waals surface area contributed by atoms with E-state index in [9.17, 15) is 0 Å². The average Bonchev–Trinajstić information content (AvgIpc) is 3.88. The minimum atomic E-state index is -2.78. The Morgan fingerprint density at radius 2 is 0.651 bits per heavy atom. The summed E-state index contributed by atoms with van der Waals surface area (Å²) in [4.78, 5) is 0. The molecule has 12 rings (SSSR count). The van der Waals surface area contributed by atoms with Gasteiger partial charge in [-0.05, 0) is 91.5 Å². The Kier molecular flexibility index (Phi) is 8.87. The molecule has 2 heterocycles. The van der Waals surface area contributed by atoms with Gasteiger partial charge in [-0.25, -0.2) is 0 Å². The van der Waals surface area contributed by atoms with Crippen LogP contribution in [-0.2, 0) is 0 Å². The van der Waals surface area contributed by atoms with E-state index in [0.29, 0.717) is 0 Å². The van der Waals surface area contributed by atoms with E-state index in [-0.39, 0.29) is 0 Å². The number of hydrogen-bond acceptors (Lipinski definition) is 0. The molecule has 0 saturated heterocycles. The molecule has 63 heavy (non-hydrogen) atoms. The van der Waals surface area contributed by atoms with Gasteiger partial charge >= 0.3 is 0 Å². The Morgan fingerprint density at radius 3 is 1.22 bits per heavy atom. The first-order valence-electron chi connectivity index (χ1n) is 21.8. The van der Waals surface area contributed by atoms with Crippen LogP contribution in [0.2, 0.25) is 0 Å². The van der Waals surface area contributed by atoms with E-state index in [0.717, 1.165) is 11.4 Å². The van der Waals surface area contributed by atoms with Gasteiger partial charge < -0.3 is 9.13 Å². The van der Waals surface area contributed by atoms with Crippen molar-refractivity contribution in [1.29, 1.82) is 0 Å². The van der Waals surface area contributed by atoms with Crippen molar-refractivity contribution in [1.82, 2.24) is 9.13 Å². The predicted octanol–water partition coefficient (Wildman–Crippen LogP) is 12.6. The summed E-state index contributed by atoms with van der Waals surface area (Å²) in [6, 6.07) is 94.2. The van der Waals surface area contributed by atoms with Gasteiger partial charge in [0.2, 0.25) is 0 Å². The van der Waals surface area contributed by atoms with Crippen molar-refractivity contribution < 1.29 is 0 Å². The minimum Gasteiger partial charge on any atom is -0.309 e. The summed E-state index contributed by atoms with van der Waals surface area (Å²) in [5, 5.41) is 10.4. The molecule has 0 spiro atoms. The van der Waals surface area contributed by atoms with Crippen LogP contribution in [0, 0.1) is 0 Å². The van der Waals surface area contributed by atoms with Gasteiger partial charge in [-0.3, -0.25) is 0 Å². The highest BCUT2D eigenvalue weighted by Crippen LogP contribution is 2.39. The van der Waals surface area contributed by atoms with E-state index in [4.69, 9.17) is 0 Å². The van der Waals surface area contributed by atoms with E-state index in [1.54, 1.807) is 0 Å². The molecule has 0 aliphatic heterocycles. The molecule has 10 aromatic carbocycles. The van der Waals surface area contributed by atoms with E-state index in [2.05, 4.69) is 264 Å². The molecular formula is C60H42N2Si. The third-order valence-electron chi connectivity index (χ3n) is 13.1. The average molecular weight is 819 g/mol. The first kappa shape index (κ1) is 36.8. The van der Waals surface area contributed by atoms with Crippen LogP contribution in [0.4, 0.5) is 0 Å². The van der Waals surface area contributed by atoms with Gasteiger partial charge in [-0.1, -0.05) is 206 Å². The molecule has 0 unspecified atom stereocenters. The molecule has 0 amide bonds. The fraction of sp³-hybridized carbons (Fsp3) is 0. The SMILES string of the molecule is c1ccc(-c2ccc(-n3c4ccccc4c4cc(-n5c6ccccc6c6ccc([Si](c7ccccc7)(c7ccccc7)c7ccccc7)cc65)ccc43)cc2-c2ccccc2)cc1. The Bertz CT molecular complexity index is 3500. The van der Waals surface area contributed by atoms with Gasteiger partial charge in [0, 0.05) is 32.9 Å². The summed E-state index contributed by atoms with van der Waals surface area (Å²) in [5.41, 5.74) is 11.9. The lowest BCUT2D eigenvalue weighted by atomic mass is 9.94. The molecule has 296 valence electrons. The molecule has 12 aromatic rings. The van der Waals surface area contributed by atoms with Crippen molar-refractivity contribution in [2.24, 2.45) is 0 Å². The van der Waals surface area contributed by atoms with Gasteiger partial charge in [-0.2, -0.15) is 0 Å². The molecule has 0 saturated carbocycles. The number of fused-ring (bicyclic) bond motifs is 6. The summed E-state index contributed by atoms with van der Waals surface area (Å²) in [6.07, 6.45) is 0. The van der Waals surface area contributed by atoms with Crippen molar-refractivity contribution in [3.8, 4) is 33.6 Å². The van der Waals surface area contributed by atoms with Crippen molar-refractivity contribution in [2.75, 3.05) is 0 Å². The van der Waals surface area contributed by atoms with Gasteiger partial charge in [0.25, 0.3) is 0 Å². The van der Waals surface area contributed by atoms with Crippen LogP contribution < -0.4 is 20.7 Å². The summed E-state index contributed by atoms with van der Waals surface area (Å²) in [7, 11) is -2.78. The van der Waals surface area contributed by atoms with E-state index >= 15 is 0 Å². The van der Waals surface area contributed by atoms with Crippen LogP contribution in [0.5, 0.6) is 0 Å². The number of nitrogens with zero attached hydrogens (tertiary/aromatic N) is 2. The molecule has 0 N–H and O–H groups in total. The van der Waals surface area contributed by atoms with Crippen LogP contribution in [0.15, 0.2) is 255 Å². The fourth-order valence-corrected chi connectivity index (χ4v) is 15.1. The third-order valence-corrected chi connectivity index (χ3v) is 17.8. The Balaban J connectivity index is 1.10. The molecule has 0 aliphatic rings. The van der Waals surface area contributed by atoms with Crippen LogP contribution >= 0.6 is 0 Å². The lowest BCUT2D eigenvalue weighted by Gasteiger charge is -2.34. The number of rotatable bonds is 8. The second-order valence-corrected chi connectivity index (χ2v) is 20.3. The molecule has 0 atom stereocenters. The first-order chi connectivity index (χ1) is 31.3. The molecule has 0 aliphatic carbocycles. The molecule has 2 nitrogen and oxygen atoms in total. The fourth-order valence-electron chi connectivity index (χ4n) is 10.3. The Hall–Kier alpha value is -7.98. The van der Waals surface area contributed by atoms with Crippen LogP contribution in [0.1, 0.15) is 0 Å². The second kappa shape index (κ2) is 15.2.